The van der Waals surface area contributed by atoms with Crippen molar-refractivity contribution in [1.29, 1.82) is 0 Å². The summed E-state index contributed by atoms with van der Waals surface area (Å²) in [6, 6.07) is -0.421. The summed E-state index contributed by atoms with van der Waals surface area (Å²) in [7, 11) is 0. The van der Waals surface area contributed by atoms with E-state index in [1.165, 1.54) is 11.8 Å². The van der Waals surface area contributed by atoms with Gasteiger partial charge in [-0.3, -0.25) is 10.1 Å². The van der Waals surface area contributed by atoms with Gasteiger partial charge in [-0.1, -0.05) is 0 Å². The van der Waals surface area contributed by atoms with Gasteiger partial charge in [-0.2, -0.15) is 13.2 Å². The highest BCUT2D eigenvalue weighted by atomic mass is 32.2. The molecule has 0 aromatic heterocycles. The summed E-state index contributed by atoms with van der Waals surface area (Å²) in [5.74, 6) is 0.850. The van der Waals surface area contributed by atoms with Crippen molar-refractivity contribution < 1.29 is 23.1 Å². The zero-order valence-corrected chi connectivity index (χ0v) is 9.77. The van der Waals surface area contributed by atoms with Crippen molar-refractivity contribution in [2.45, 2.75) is 24.2 Å². The van der Waals surface area contributed by atoms with E-state index in [9.17, 15) is 23.1 Å². The van der Waals surface area contributed by atoms with Gasteiger partial charge in [0.2, 0.25) is 5.91 Å². The highest BCUT2D eigenvalue weighted by Crippen LogP contribution is 2.37. The van der Waals surface area contributed by atoms with Crippen LogP contribution in [0.25, 0.3) is 0 Å². The lowest BCUT2D eigenvalue weighted by Gasteiger charge is -2.26. The monoisotopic (exact) mass is 270 g/mol. The van der Waals surface area contributed by atoms with Gasteiger partial charge < -0.3 is 10.0 Å². The van der Waals surface area contributed by atoms with Crippen molar-refractivity contribution >= 4 is 17.7 Å². The van der Waals surface area contributed by atoms with Crippen LogP contribution < -0.4 is 5.32 Å². The van der Waals surface area contributed by atoms with Gasteiger partial charge in [0.05, 0.1) is 12.6 Å². The number of carbonyl (C=O) groups is 1. The van der Waals surface area contributed by atoms with E-state index in [0.29, 0.717) is 11.6 Å². The van der Waals surface area contributed by atoms with Crippen LogP contribution >= 0.6 is 11.8 Å². The van der Waals surface area contributed by atoms with E-state index in [0.717, 1.165) is 4.90 Å². The van der Waals surface area contributed by atoms with E-state index in [-0.39, 0.29) is 12.5 Å². The van der Waals surface area contributed by atoms with E-state index >= 15 is 0 Å². The van der Waals surface area contributed by atoms with Crippen molar-refractivity contribution in [2.75, 3.05) is 24.7 Å². The van der Waals surface area contributed by atoms with Crippen LogP contribution in [-0.4, -0.2) is 58.5 Å². The number of hydrogen-bond acceptors (Lipinski definition) is 4. The van der Waals surface area contributed by atoms with Crippen LogP contribution in [0.1, 0.15) is 6.42 Å². The lowest BCUT2D eigenvalue weighted by atomic mass is 10.0. The van der Waals surface area contributed by atoms with Crippen molar-refractivity contribution in [1.82, 2.24) is 10.2 Å². The van der Waals surface area contributed by atoms with E-state index in [4.69, 9.17) is 0 Å². The van der Waals surface area contributed by atoms with Crippen LogP contribution in [0.15, 0.2) is 0 Å². The summed E-state index contributed by atoms with van der Waals surface area (Å²) < 4.78 is 37.7. The molecule has 2 aliphatic heterocycles. The van der Waals surface area contributed by atoms with Crippen molar-refractivity contribution in [3.8, 4) is 0 Å². The van der Waals surface area contributed by atoms with Crippen LogP contribution in [0.4, 0.5) is 13.2 Å². The zero-order chi connectivity index (χ0) is 12.7. The summed E-state index contributed by atoms with van der Waals surface area (Å²) in [5.41, 5.74) is -2.74. The number of nitrogens with zero attached hydrogens (tertiary/aromatic N) is 1. The molecule has 1 amide bonds. The van der Waals surface area contributed by atoms with Crippen molar-refractivity contribution in [3.05, 3.63) is 0 Å². The SMILES string of the molecule is O=C([C@H]1CSCN1)N1CC[C@](O)(C(F)(F)F)C1. The number of thioether (sulfide) groups is 1. The molecule has 2 N–H and O–H groups in total. The summed E-state index contributed by atoms with van der Waals surface area (Å²) in [4.78, 5) is 12.9. The van der Waals surface area contributed by atoms with Crippen LogP contribution in [-0.2, 0) is 4.79 Å². The Balaban J connectivity index is 2.00. The predicted molar refractivity (Wildman–Crippen MR) is 56.5 cm³/mol. The number of β-amino-alcohol motifs (C(OH)–C–C–N with tert-alkyl or cyclic N) is 1. The summed E-state index contributed by atoms with van der Waals surface area (Å²) in [5, 5.41) is 12.4. The maximum atomic E-state index is 12.6. The Morgan fingerprint density at radius 1 is 1.53 bits per heavy atom. The maximum absolute atomic E-state index is 12.6. The third-order valence-electron chi connectivity index (χ3n) is 3.10. The molecule has 8 heteroatoms. The second-order valence-corrected chi connectivity index (χ2v) is 5.34. The number of aliphatic hydroxyl groups is 1. The molecule has 0 saturated carbocycles. The Hall–Kier alpha value is -0.470. The molecule has 0 unspecified atom stereocenters. The molecule has 2 aliphatic rings. The fraction of sp³-hybridized carbons (Fsp3) is 0.889. The number of rotatable bonds is 1. The fourth-order valence-electron chi connectivity index (χ4n) is 1.99. The standard InChI is InChI=1S/C9H13F3N2O2S/c10-9(11,12)8(16)1-2-14(4-8)7(15)6-3-17-5-13-6/h6,13,16H,1-5H2/t6-,8-/m1/s1. The Labute approximate surface area is 101 Å². The molecule has 2 atom stereocenters. The molecular weight excluding hydrogens is 257 g/mol. The Morgan fingerprint density at radius 2 is 2.24 bits per heavy atom. The highest BCUT2D eigenvalue weighted by molar-refractivity contribution is 7.99. The van der Waals surface area contributed by atoms with Crippen LogP contribution in [0.3, 0.4) is 0 Å². The molecule has 0 bridgehead atoms. The second-order valence-electron chi connectivity index (χ2n) is 4.31. The normalized spacial score (nSPS) is 34.4. The quantitative estimate of drug-likeness (QED) is 0.713. The van der Waals surface area contributed by atoms with Gasteiger partial charge in [0, 0.05) is 24.6 Å². The highest BCUT2D eigenvalue weighted by Gasteiger charge is 2.58. The Morgan fingerprint density at radius 3 is 2.71 bits per heavy atom. The lowest BCUT2D eigenvalue weighted by molar-refractivity contribution is -0.253. The maximum Gasteiger partial charge on any atom is 0.419 e. The number of carbonyl (C=O) groups excluding carboxylic acids is 1. The van der Waals surface area contributed by atoms with Gasteiger partial charge in [0.1, 0.15) is 0 Å². The molecule has 2 rings (SSSR count). The molecule has 4 nitrogen and oxygen atoms in total. The molecule has 2 saturated heterocycles. The smallest absolute Gasteiger partial charge is 0.379 e. The number of nitrogens with one attached hydrogen (secondary N) is 1. The average molecular weight is 270 g/mol. The van der Waals surface area contributed by atoms with Gasteiger partial charge in [0.15, 0.2) is 5.60 Å². The van der Waals surface area contributed by atoms with E-state index in [2.05, 4.69) is 5.32 Å². The minimum absolute atomic E-state index is 0.0440. The lowest BCUT2D eigenvalue weighted by Crippen LogP contribution is -2.50. The number of hydrogen-bond donors (Lipinski definition) is 2. The van der Waals surface area contributed by atoms with E-state index < -0.39 is 30.8 Å². The first kappa shape index (κ1) is 13.0. The Bertz CT molecular complexity index is 320. The molecule has 98 valence electrons. The van der Waals surface area contributed by atoms with Crippen molar-refractivity contribution in [2.24, 2.45) is 0 Å². The van der Waals surface area contributed by atoms with Gasteiger partial charge in [-0.25, -0.2) is 0 Å². The number of halogens is 3. The molecule has 0 spiro atoms. The van der Waals surface area contributed by atoms with Gasteiger partial charge in [-0.05, 0) is 0 Å². The van der Waals surface area contributed by atoms with Crippen molar-refractivity contribution in [3.63, 3.8) is 0 Å². The van der Waals surface area contributed by atoms with E-state index in [1.54, 1.807) is 0 Å². The molecule has 0 aromatic carbocycles. The largest absolute Gasteiger partial charge is 0.419 e. The molecule has 0 aliphatic carbocycles. The average Bonchev–Trinajstić information content (AvgIpc) is 2.84. The van der Waals surface area contributed by atoms with Crippen LogP contribution in [0, 0.1) is 0 Å². The van der Waals surface area contributed by atoms with E-state index in [1.807, 2.05) is 0 Å². The van der Waals surface area contributed by atoms with Crippen LogP contribution in [0.2, 0.25) is 0 Å². The summed E-state index contributed by atoms with van der Waals surface area (Å²) >= 11 is 1.53. The topological polar surface area (TPSA) is 52.6 Å². The first-order valence-corrected chi connectivity index (χ1v) is 6.38. The minimum atomic E-state index is -4.68. The first-order chi connectivity index (χ1) is 7.83. The third kappa shape index (κ3) is 2.38. The second kappa shape index (κ2) is 4.33. The number of likely N-dealkylation sites (tertiary alicyclic amines) is 1. The molecular formula is C9H13F3N2O2S. The minimum Gasteiger partial charge on any atom is -0.379 e. The zero-order valence-electron chi connectivity index (χ0n) is 8.96. The molecule has 2 heterocycles. The molecule has 2 fully saturated rings. The van der Waals surface area contributed by atoms with Gasteiger partial charge in [0.25, 0.3) is 0 Å². The fourth-order valence-corrected chi connectivity index (χ4v) is 2.92. The number of amides is 1. The predicted octanol–water partition coefficient (Wildman–Crippen LogP) is 0.175. The summed E-state index contributed by atoms with van der Waals surface area (Å²) in [6.07, 6.45) is -5.12. The molecule has 0 aromatic rings. The van der Waals surface area contributed by atoms with Gasteiger partial charge >= 0.3 is 6.18 Å². The third-order valence-corrected chi connectivity index (χ3v) is 4.04. The molecule has 17 heavy (non-hydrogen) atoms. The van der Waals surface area contributed by atoms with Gasteiger partial charge in [-0.15, -0.1) is 11.8 Å². The van der Waals surface area contributed by atoms with Crippen LogP contribution in [0.5, 0.6) is 0 Å². The summed E-state index contributed by atoms with van der Waals surface area (Å²) in [6.45, 7) is -0.699. The Kier molecular flexibility index (Phi) is 3.30. The molecule has 0 radical (unpaired) electrons. The first-order valence-electron chi connectivity index (χ1n) is 5.22. The number of alkyl halides is 3.